The quantitative estimate of drug-likeness (QED) is 0.889. The van der Waals surface area contributed by atoms with E-state index in [0.29, 0.717) is 16.6 Å². The molecule has 0 saturated carbocycles. The van der Waals surface area contributed by atoms with Crippen LogP contribution in [0.2, 0.25) is 0 Å². The van der Waals surface area contributed by atoms with E-state index in [0.717, 1.165) is 10.4 Å². The second-order valence-corrected chi connectivity index (χ2v) is 4.17. The highest BCUT2D eigenvalue weighted by Gasteiger charge is 2.12. The molecule has 1 aromatic carbocycles. The standard InChI is InChI=1S/C11H12N2O2S/c1-14-8-5-3-4-7(10(8)15-2)9-6-13-11(12)16-9/h3-6H,1-2H3,(H2,12,13). The van der Waals surface area contributed by atoms with Crippen LogP contribution in [0.1, 0.15) is 0 Å². The van der Waals surface area contributed by atoms with Gasteiger partial charge in [0.2, 0.25) is 0 Å². The van der Waals surface area contributed by atoms with Crippen molar-refractivity contribution >= 4 is 16.5 Å². The summed E-state index contributed by atoms with van der Waals surface area (Å²) in [7, 11) is 3.23. The van der Waals surface area contributed by atoms with Crippen molar-refractivity contribution in [1.29, 1.82) is 0 Å². The number of nitrogen functional groups attached to an aromatic ring is 1. The number of thiazole rings is 1. The van der Waals surface area contributed by atoms with Crippen LogP contribution >= 0.6 is 11.3 Å². The summed E-state index contributed by atoms with van der Waals surface area (Å²) >= 11 is 1.42. The Morgan fingerprint density at radius 3 is 2.62 bits per heavy atom. The topological polar surface area (TPSA) is 57.4 Å². The first kappa shape index (κ1) is 10.8. The van der Waals surface area contributed by atoms with E-state index in [4.69, 9.17) is 15.2 Å². The Morgan fingerprint density at radius 2 is 2.06 bits per heavy atom. The minimum Gasteiger partial charge on any atom is -0.493 e. The molecule has 0 saturated heterocycles. The molecule has 2 N–H and O–H groups in total. The number of nitrogens with two attached hydrogens (primary N) is 1. The van der Waals surface area contributed by atoms with Crippen molar-refractivity contribution in [1.82, 2.24) is 4.98 Å². The number of benzene rings is 1. The van der Waals surface area contributed by atoms with Crippen LogP contribution < -0.4 is 15.2 Å². The zero-order valence-electron chi connectivity index (χ0n) is 9.06. The van der Waals surface area contributed by atoms with Crippen molar-refractivity contribution in [2.24, 2.45) is 0 Å². The van der Waals surface area contributed by atoms with Crippen molar-refractivity contribution in [3.05, 3.63) is 24.4 Å². The molecular weight excluding hydrogens is 224 g/mol. The third-order valence-corrected chi connectivity index (χ3v) is 3.05. The van der Waals surface area contributed by atoms with E-state index < -0.39 is 0 Å². The Bertz CT molecular complexity index is 496. The lowest BCUT2D eigenvalue weighted by atomic mass is 10.1. The smallest absolute Gasteiger partial charge is 0.180 e. The lowest BCUT2D eigenvalue weighted by Crippen LogP contribution is -1.92. The second kappa shape index (κ2) is 4.40. The van der Waals surface area contributed by atoms with Crippen LogP contribution in [0.5, 0.6) is 11.5 Å². The van der Waals surface area contributed by atoms with Gasteiger partial charge in [-0.15, -0.1) is 0 Å². The Morgan fingerprint density at radius 1 is 1.25 bits per heavy atom. The summed E-state index contributed by atoms with van der Waals surface area (Å²) < 4.78 is 10.6. The van der Waals surface area contributed by atoms with E-state index in [1.807, 2.05) is 18.2 Å². The molecule has 0 bridgehead atoms. The Hall–Kier alpha value is -1.75. The van der Waals surface area contributed by atoms with Gasteiger partial charge in [-0.25, -0.2) is 4.98 Å². The number of ether oxygens (including phenoxy) is 2. The third kappa shape index (κ3) is 1.81. The van der Waals surface area contributed by atoms with Gasteiger partial charge in [0.25, 0.3) is 0 Å². The van der Waals surface area contributed by atoms with Crippen LogP contribution in [0, 0.1) is 0 Å². The first-order valence-corrected chi connectivity index (χ1v) is 5.50. The molecule has 0 unspecified atom stereocenters. The summed E-state index contributed by atoms with van der Waals surface area (Å²) in [6.07, 6.45) is 1.73. The maximum absolute atomic E-state index is 5.61. The first-order chi connectivity index (χ1) is 7.76. The fourth-order valence-electron chi connectivity index (χ4n) is 1.49. The molecule has 0 radical (unpaired) electrons. The predicted octanol–water partition coefficient (Wildman–Crippen LogP) is 2.41. The third-order valence-electron chi connectivity index (χ3n) is 2.19. The number of hydrogen-bond donors (Lipinski definition) is 1. The molecule has 0 atom stereocenters. The number of hydrogen-bond acceptors (Lipinski definition) is 5. The number of rotatable bonds is 3. The Balaban J connectivity index is 2.56. The SMILES string of the molecule is COc1cccc(-c2cnc(N)s2)c1OC. The van der Waals surface area contributed by atoms with Crippen molar-refractivity contribution in [2.75, 3.05) is 20.0 Å². The van der Waals surface area contributed by atoms with Crippen LogP contribution in [0.25, 0.3) is 10.4 Å². The minimum atomic E-state index is 0.542. The fraction of sp³-hybridized carbons (Fsp3) is 0.182. The van der Waals surface area contributed by atoms with Gasteiger partial charge in [-0.3, -0.25) is 0 Å². The van der Waals surface area contributed by atoms with Gasteiger partial charge < -0.3 is 15.2 Å². The molecule has 16 heavy (non-hydrogen) atoms. The van der Waals surface area contributed by atoms with Gasteiger partial charge in [0.05, 0.1) is 19.1 Å². The van der Waals surface area contributed by atoms with Gasteiger partial charge >= 0.3 is 0 Å². The van der Waals surface area contributed by atoms with E-state index in [1.54, 1.807) is 20.4 Å². The van der Waals surface area contributed by atoms with Crippen LogP contribution in [0.3, 0.4) is 0 Å². The molecule has 5 heteroatoms. The van der Waals surface area contributed by atoms with Crippen molar-refractivity contribution in [3.8, 4) is 21.9 Å². The maximum atomic E-state index is 5.61. The molecular formula is C11H12N2O2S. The fourth-order valence-corrected chi connectivity index (χ4v) is 2.20. The molecule has 0 aliphatic carbocycles. The Kier molecular flexibility index (Phi) is 2.96. The maximum Gasteiger partial charge on any atom is 0.180 e. The van der Waals surface area contributed by atoms with E-state index in [1.165, 1.54) is 11.3 Å². The largest absolute Gasteiger partial charge is 0.493 e. The molecule has 0 amide bonds. The van der Waals surface area contributed by atoms with Crippen LogP contribution in [0.4, 0.5) is 5.13 Å². The van der Waals surface area contributed by atoms with Gasteiger partial charge in [0.1, 0.15) is 0 Å². The predicted molar refractivity (Wildman–Crippen MR) is 65.1 cm³/mol. The minimum absolute atomic E-state index is 0.542. The second-order valence-electron chi connectivity index (χ2n) is 3.10. The highest BCUT2D eigenvalue weighted by atomic mass is 32.1. The van der Waals surface area contributed by atoms with E-state index in [2.05, 4.69) is 4.98 Å². The summed E-state index contributed by atoms with van der Waals surface area (Å²) in [5.74, 6) is 1.40. The van der Waals surface area contributed by atoms with E-state index >= 15 is 0 Å². The Labute approximate surface area is 97.6 Å². The van der Waals surface area contributed by atoms with Gasteiger partial charge in [-0.05, 0) is 12.1 Å². The van der Waals surface area contributed by atoms with Gasteiger partial charge in [0.15, 0.2) is 16.6 Å². The lowest BCUT2D eigenvalue weighted by molar-refractivity contribution is 0.356. The number of aromatic nitrogens is 1. The molecule has 1 heterocycles. The summed E-state index contributed by atoms with van der Waals surface area (Å²) in [4.78, 5) is 4.99. The molecule has 0 spiro atoms. The monoisotopic (exact) mass is 236 g/mol. The summed E-state index contributed by atoms with van der Waals surface area (Å²) in [6.45, 7) is 0. The number of methoxy groups -OCH3 is 2. The van der Waals surface area contributed by atoms with E-state index in [-0.39, 0.29) is 0 Å². The molecule has 2 rings (SSSR count). The normalized spacial score (nSPS) is 10.1. The van der Waals surface area contributed by atoms with Crippen molar-refractivity contribution < 1.29 is 9.47 Å². The number of para-hydroxylation sites is 1. The number of nitrogens with zero attached hydrogens (tertiary/aromatic N) is 1. The lowest BCUT2D eigenvalue weighted by Gasteiger charge is -2.10. The summed E-state index contributed by atoms with van der Waals surface area (Å²) in [5, 5.41) is 0.542. The highest BCUT2D eigenvalue weighted by Crippen LogP contribution is 2.40. The zero-order chi connectivity index (χ0) is 11.5. The molecule has 0 fully saturated rings. The number of anilines is 1. The van der Waals surface area contributed by atoms with Crippen LogP contribution in [0.15, 0.2) is 24.4 Å². The van der Waals surface area contributed by atoms with Gasteiger partial charge in [0, 0.05) is 11.8 Å². The van der Waals surface area contributed by atoms with Crippen molar-refractivity contribution in [3.63, 3.8) is 0 Å². The summed E-state index contributed by atoms with van der Waals surface area (Å²) in [5.41, 5.74) is 6.55. The molecule has 2 aromatic rings. The van der Waals surface area contributed by atoms with Crippen molar-refractivity contribution in [2.45, 2.75) is 0 Å². The van der Waals surface area contributed by atoms with E-state index in [9.17, 15) is 0 Å². The molecule has 84 valence electrons. The van der Waals surface area contributed by atoms with Gasteiger partial charge in [-0.2, -0.15) is 0 Å². The molecule has 1 aromatic heterocycles. The molecule has 0 aliphatic heterocycles. The average Bonchev–Trinajstić information content (AvgIpc) is 2.74. The first-order valence-electron chi connectivity index (χ1n) is 4.69. The van der Waals surface area contributed by atoms with Crippen LogP contribution in [-0.4, -0.2) is 19.2 Å². The zero-order valence-corrected chi connectivity index (χ0v) is 9.88. The molecule has 0 aliphatic rings. The van der Waals surface area contributed by atoms with Crippen LogP contribution in [-0.2, 0) is 0 Å². The van der Waals surface area contributed by atoms with Gasteiger partial charge in [-0.1, -0.05) is 17.4 Å². The summed E-state index contributed by atoms with van der Waals surface area (Å²) in [6, 6.07) is 5.72. The average molecular weight is 236 g/mol. The highest BCUT2D eigenvalue weighted by molar-refractivity contribution is 7.18. The molecule has 4 nitrogen and oxygen atoms in total.